The van der Waals surface area contributed by atoms with E-state index in [2.05, 4.69) is 16.5 Å². The SMILES string of the molecule is C=C[C@H]1CN2CC[C@H]1C[C@H]2[C@H](OC(=O)c1ccc(C(F)(F)F)cc1C(F)(F)F)c1ccnc2ccc(O)cc12. The fourth-order valence-electron chi connectivity index (χ4n) is 5.76. The molecule has 6 rings (SSSR count). The summed E-state index contributed by atoms with van der Waals surface area (Å²) in [5.41, 5.74) is -3.36. The van der Waals surface area contributed by atoms with Gasteiger partial charge in [0.15, 0.2) is 0 Å². The number of piperidine rings is 3. The third kappa shape index (κ3) is 5.19. The van der Waals surface area contributed by atoms with Crippen molar-refractivity contribution in [2.45, 2.75) is 37.3 Å². The predicted molar refractivity (Wildman–Crippen MR) is 130 cm³/mol. The molecule has 3 fully saturated rings. The van der Waals surface area contributed by atoms with Gasteiger partial charge in [-0.2, -0.15) is 26.3 Å². The number of benzene rings is 2. The molecule has 5 nitrogen and oxygen atoms in total. The van der Waals surface area contributed by atoms with E-state index < -0.39 is 47.2 Å². The Morgan fingerprint density at radius 3 is 2.51 bits per heavy atom. The molecule has 3 aromatic rings. The summed E-state index contributed by atoms with van der Waals surface area (Å²) < 4.78 is 86.8. The summed E-state index contributed by atoms with van der Waals surface area (Å²) in [6.45, 7) is 5.19. The molecular formula is C28H24F6N2O3. The number of pyridine rings is 1. The number of aromatic nitrogens is 1. The summed E-state index contributed by atoms with van der Waals surface area (Å²) in [5, 5.41) is 10.6. The minimum absolute atomic E-state index is 0.0772. The quantitative estimate of drug-likeness (QED) is 0.216. The van der Waals surface area contributed by atoms with Gasteiger partial charge in [-0.1, -0.05) is 6.08 Å². The van der Waals surface area contributed by atoms with Crippen LogP contribution in [0.3, 0.4) is 0 Å². The first-order chi connectivity index (χ1) is 18.4. The maximum Gasteiger partial charge on any atom is 0.417 e. The lowest BCUT2D eigenvalue weighted by atomic mass is 9.73. The van der Waals surface area contributed by atoms with Gasteiger partial charge in [0.05, 0.1) is 28.2 Å². The molecule has 11 heteroatoms. The molecule has 0 saturated carbocycles. The molecule has 0 amide bonds. The first kappa shape index (κ1) is 27.0. The van der Waals surface area contributed by atoms with E-state index in [9.17, 15) is 36.2 Å². The highest BCUT2D eigenvalue weighted by Crippen LogP contribution is 2.45. The van der Waals surface area contributed by atoms with Gasteiger partial charge in [0.1, 0.15) is 11.9 Å². The normalized spacial score (nSPS) is 23.9. The van der Waals surface area contributed by atoms with Crippen molar-refractivity contribution in [3.05, 3.63) is 83.6 Å². The van der Waals surface area contributed by atoms with Crippen molar-refractivity contribution < 1.29 is 41.0 Å². The van der Waals surface area contributed by atoms with Gasteiger partial charge < -0.3 is 9.84 Å². The largest absolute Gasteiger partial charge is 0.508 e. The lowest BCUT2D eigenvalue weighted by Gasteiger charge is -2.51. The van der Waals surface area contributed by atoms with E-state index in [1.807, 2.05) is 6.08 Å². The van der Waals surface area contributed by atoms with Crippen LogP contribution in [-0.4, -0.2) is 40.1 Å². The third-order valence-corrected chi connectivity index (χ3v) is 7.68. The Bertz CT molecular complexity index is 1420. The lowest BCUT2D eigenvalue weighted by Crippen LogP contribution is -2.55. The van der Waals surface area contributed by atoms with Crippen LogP contribution in [0.15, 0.2) is 61.3 Å². The van der Waals surface area contributed by atoms with Crippen molar-refractivity contribution in [3.8, 4) is 5.75 Å². The van der Waals surface area contributed by atoms with Crippen LogP contribution in [-0.2, 0) is 17.1 Å². The standard InChI is InChI=1S/C28H24F6N2O3/c1-2-15-14-36-10-8-16(15)11-24(36)25(19-7-9-35-23-6-4-18(37)13-21(19)23)39-26(38)20-5-3-17(27(29,30)31)12-22(20)28(32,33)34/h2-7,9,12-13,15-16,24-25,37H,1,8,10-11,14H2/t15-,16-,24-,25+/m0/s1. The number of hydrogen-bond acceptors (Lipinski definition) is 5. The van der Waals surface area contributed by atoms with E-state index in [1.54, 1.807) is 12.1 Å². The summed E-state index contributed by atoms with van der Waals surface area (Å²) in [7, 11) is 0. The number of phenolic OH excluding ortho intramolecular Hbond substituents is 1. The van der Waals surface area contributed by atoms with Gasteiger partial charge in [0.2, 0.25) is 0 Å². The number of alkyl halides is 6. The second-order valence-corrected chi connectivity index (χ2v) is 9.93. The van der Waals surface area contributed by atoms with E-state index in [1.165, 1.54) is 18.3 Å². The molecule has 1 aromatic heterocycles. The highest BCUT2D eigenvalue weighted by atomic mass is 19.4. The van der Waals surface area contributed by atoms with Gasteiger partial charge in [-0.25, -0.2) is 4.79 Å². The Balaban J connectivity index is 1.59. The highest BCUT2D eigenvalue weighted by Gasteiger charge is 2.45. The van der Waals surface area contributed by atoms with Gasteiger partial charge in [-0.3, -0.25) is 9.88 Å². The maximum absolute atomic E-state index is 13.8. The van der Waals surface area contributed by atoms with Crippen molar-refractivity contribution in [3.63, 3.8) is 0 Å². The number of carbonyl (C=O) groups is 1. The van der Waals surface area contributed by atoms with E-state index >= 15 is 0 Å². The van der Waals surface area contributed by atoms with Crippen LogP contribution in [0, 0.1) is 11.8 Å². The molecule has 3 aliphatic heterocycles. The topological polar surface area (TPSA) is 62.7 Å². The van der Waals surface area contributed by atoms with Crippen LogP contribution in [0.2, 0.25) is 0 Å². The molecule has 3 aliphatic rings. The van der Waals surface area contributed by atoms with Crippen molar-refractivity contribution in [1.29, 1.82) is 0 Å². The first-order valence-electron chi connectivity index (χ1n) is 12.3. The van der Waals surface area contributed by atoms with Gasteiger partial charge in [-0.15, -0.1) is 6.58 Å². The molecule has 206 valence electrons. The molecule has 2 bridgehead atoms. The Kier molecular flexibility index (Phi) is 6.82. The number of fused-ring (bicyclic) bond motifs is 4. The summed E-state index contributed by atoms with van der Waals surface area (Å²) >= 11 is 0. The van der Waals surface area contributed by atoms with Crippen molar-refractivity contribution in [1.82, 2.24) is 9.88 Å². The molecule has 0 radical (unpaired) electrons. The number of nitrogens with zero attached hydrogens (tertiary/aromatic N) is 2. The fourth-order valence-corrected chi connectivity index (χ4v) is 5.76. The summed E-state index contributed by atoms with van der Waals surface area (Å²) in [6.07, 6.45) is -6.56. The molecule has 5 atom stereocenters. The molecule has 1 unspecified atom stereocenters. The van der Waals surface area contributed by atoms with Gasteiger partial charge in [-0.05, 0) is 73.7 Å². The molecule has 0 spiro atoms. The van der Waals surface area contributed by atoms with Crippen molar-refractivity contribution in [2.24, 2.45) is 11.8 Å². The fraction of sp³-hybridized carbons (Fsp3) is 0.357. The maximum atomic E-state index is 13.8. The molecular weight excluding hydrogens is 526 g/mol. The molecule has 39 heavy (non-hydrogen) atoms. The Hall–Kier alpha value is -3.60. The predicted octanol–water partition coefficient (Wildman–Crippen LogP) is 6.77. The minimum atomic E-state index is -5.23. The number of hydrogen-bond donors (Lipinski definition) is 1. The zero-order valence-electron chi connectivity index (χ0n) is 20.5. The van der Waals surface area contributed by atoms with Crippen LogP contribution >= 0.6 is 0 Å². The first-order valence-corrected chi connectivity index (χ1v) is 12.3. The summed E-state index contributed by atoms with van der Waals surface area (Å²) in [4.78, 5) is 19.7. The number of aromatic hydroxyl groups is 1. The number of esters is 1. The molecule has 2 aromatic carbocycles. The van der Waals surface area contributed by atoms with Gasteiger partial charge in [0.25, 0.3) is 0 Å². The van der Waals surface area contributed by atoms with Crippen LogP contribution in [0.1, 0.15) is 46.0 Å². The third-order valence-electron chi connectivity index (χ3n) is 7.68. The number of rotatable bonds is 5. The summed E-state index contributed by atoms with van der Waals surface area (Å²) in [6, 6.07) is 6.44. The summed E-state index contributed by atoms with van der Waals surface area (Å²) in [5.74, 6) is -1.05. The van der Waals surface area contributed by atoms with E-state index in [0.29, 0.717) is 48.1 Å². The lowest BCUT2D eigenvalue weighted by molar-refractivity contribution is -0.143. The molecule has 0 aliphatic carbocycles. The van der Waals surface area contributed by atoms with Crippen LogP contribution < -0.4 is 0 Å². The van der Waals surface area contributed by atoms with E-state index in [-0.39, 0.29) is 23.7 Å². The Labute approximate surface area is 219 Å². The van der Waals surface area contributed by atoms with Gasteiger partial charge in [0, 0.05) is 23.7 Å². The number of carbonyl (C=O) groups excluding carboxylic acids is 1. The smallest absolute Gasteiger partial charge is 0.417 e. The zero-order valence-corrected chi connectivity index (χ0v) is 20.5. The van der Waals surface area contributed by atoms with Crippen molar-refractivity contribution in [2.75, 3.05) is 13.1 Å². The van der Waals surface area contributed by atoms with E-state index in [0.717, 1.165) is 6.42 Å². The second-order valence-electron chi connectivity index (χ2n) is 9.93. The van der Waals surface area contributed by atoms with Crippen LogP contribution in [0.5, 0.6) is 5.75 Å². The number of ether oxygens (including phenoxy) is 1. The zero-order chi connectivity index (χ0) is 28.1. The number of phenols is 1. The average Bonchev–Trinajstić information content (AvgIpc) is 2.90. The molecule has 4 heterocycles. The highest BCUT2D eigenvalue weighted by molar-refractivity contribution is 5.92. The van der Waals surface area contributed by atoms with Crippen LogP contribution in [0.4, 0.5) is 26.3 Å². The second kappa shape index (κ2) is 9.86. The monoisotopic (exact) mass is 550 g/mol. The average molecular weight is 550 g/mol. The van der Waals surface area contributed by atoms with Crippen LogP contribution in [0.25, 0.3) is 10.9 Å². The van der Waals surface area contributed by atoms with Crippen molar-refractivity contribution >= 4 is 16.9 Å². The minimum Gasteiger partial charge on any atom is -0.508 e. The van der Waals surface area contributed by atoms with Gasteiger partial charge >= 0.3 is 18.3 Å². The Morgan fingerprint density at radius 1 is 1.10 bits per heavy atom. The Morgan fingerprint density at radius 2 is 1.87 bits per heavy atom. The molecule has 1 N–H and O–H groups in total. The number of halogens is 6. The molecule has 3 saturated heterocycles. The van der Waals surface area contributed by atoms with E-state index in [4.69, 9.17) is 4.74 Å².